The lowest BCUT2D eigenvalue weighted by atomic mass is 9.90. The molecule has 0 saturated heterocycles. The molecule has 0 amide bonds. The van der Waals surface area contributed by atoms with E-state index in [9.17, 15) is 13.6 Å². The highest BCUT2D eigenvalue weighted by atomic mass is 19.1. The molecular weight excluding hydrogens is 264 g/mol. The molecule has 0 bridgehead atoms. The first-order valence-electron chi connectivity index (χ1n) is 6.75. The zero-order chi connectivity index (χ0) is 15.3. The molecule has 0 radical (unpaired) electrons. The summed E-state index contributed by atoms with van der Waals surface area (Å²) in [7, 11) is 0. The van der Waals surface area contributed by atoms with Crippen LogP contribution in [0.1, 0.15) is 39.7 Å². The topological polar surface area (TPSA) is 38.3 Å². The van der Waals surface area contributed by atoms with Crippen molar-refractivity contribution in [3.05, 3.63) is 35.4 Å². The minimum Gasteiger partial charge on any atom is -0.464 e. The van der Waals surface area contributed by atoms with E-state index in [4.69, 9.17) is 4.74 Å². The Hall–Kier alpha value is -1.49. The number of carbonyl (C=O) groups is 1. The average Bonchev–Trinajstić information content (AvgIpc) is 2.41. The number of hydrogen-bond acceptors (Lipinski definition) is 3. The molecule has 2 atom stereocenters. The number of rotatable bonds is 6. The van der Waals surface area contributed by atoms with Crippen molar-refractivity contribution in [2.45, 2.75) is 45.7 Å². The summed E-state index contributed by atoms with van der Waals surface area (Å²) in [6.07, 6.45) is 0.742. The van der Waals surface area contributed by atoms with Crippen LogP contribution in [0.2, 0.25) is 0 Å². The molecule has 0 saturated carbocycles. The van der Waals surface area contributed by atoms with Crippen molar-refractivity contribution in [2.75, 3.05) is 6.61 Å². The number of halogens is 2. The van der Waals surface area contributed by atoms with Gasteiger partial charge in [0, 0.05) is 11.6 Å². The maximum absolute atomic E-state index is 14.0. The molecule has 1 N–H and O–H groups in total. The molecule has 0 aromatic heterocycles. The third-order valence-corrected chi connectivity index (χ3v) is 3.30. The molecule has 3 nitrogen and oxygen atoms in total. The Morgan fingerprint density at radius 3 is 2.60 bits per heavy atom. The van der Waals surface area contributed by atoms with Gasteiger partial charge in [0.25, 0.3) is 0 Å². The van der Waals surface area contributed by atoms with Gasteiger partial charge in [0.05, 0.1) is 6.61 Å². The molecular formula is C15H21F2NO2. The normalized spacial score (nSPS) is 15.5. The number of esters is 1. The number of ether oxygens (including phenoxy) is 1. The molecule has 2 unspecified atom stereocenters. The lowest BCUT2D eigenvalue weighted by molar-refractivity contribution is -0.151. The van der Waals surface area contributed by atoms with Crippen LogP contribution in [0, 0.1) is 11.6 Å². The van der Waals surface area contributed by atoms with Crippen molar-refractivity contribution >= 4 is 5.97 Å². The molecule has 0 heterocycles. The molecule has 1 aromatic rings. The molecule has 0 fully saturated rings. The van der Waals surface area contributed by atoms with Crippen molar-refractivity contribution in [3.63, 3.8) is 0 Å². The van der Waals surface area contributed by atoms with Gasteiger partial charge in [-0.25, -0.2) is 13.6 Å². The monoisotopic (exact) mass is 285 g/mol. The van der Waals surface area contributed by atoms with Gasteiger partial charge >= 0.3 is 5.97 Å². The van der Waals surface area contributed by atoms with Crippen molar-refractivity contribution in [3.8, 4) is 0 Å². The van der Waals surface area contributed by atoms with Crippen molar-refractivity contribution < 1.29 is 18.3 Å². The molecule has 0 aliphatic heterocycles. The van der Waals surface area contributed by atoms with Crippen LogP contribution in [0.3, 0.4) is 0 Å². The molecule has 0 aliphatic carbocycles. The molecule has 20 heavy (non-hydrogen) atoms. The Kier molecular flexibility index (Phi) is 5.62. The van der Waals surface area contributed by atoms with E-state index >= 15 is 0 Å². The standard InChI is InChI=1S/C15H21F2NO2/c1-5-10(3)18-15(4,14(19)20-6-2)12-9-11(16)7-8-13(12)17/h7-10,18H,5-6H2,1-4H3. The van der Waals surface area contributed by atoms with E-state index in [1.54, 1.807) is 6.92 Å². The minimum atomic E-state index is -1.42. The number of carbonyl (C=O) groups excluding carboxylic acids is 1. The van der Waals surface area contributed by atoms with Gasteiger partial charge in [-0.1, -0.05) is 6.92 Å². The van der Waals surface area contributed by atoms with Crippen LogP contribution in [0.4, 0.5) is 8.78 Å². The average molecular weight is 285 g/mol. The fraction of sp³-hybridized carbons (Fsp3) is 0.533. The highest BCUT2D eigenvalue weighted by Crippen LogP contribution is 2.27. The zero-order valence-corrected chi connectivity index (χ0v) is 12.3. The molecule has 1 rings (SSSR count). The summed E-state index contributed by atoms with van der Waals surface area (Å²) in [6, 6.07) is 3.02. The van der Waals surface area contributed by atoms with Crippen LogP contribution >= 0.6 is 0 Å². The molecule has 112 valence electrons. The van der Waals surface area contributed by atoms with Gasteiger partial charge in [0.1, 0.15) is 17.2 Å². The summed E-state index contributed by atoms with van der Waals surface area (Å²) in [5.41, 5.74) is -1.46. The molecule has 0 spiro atoms. The molecule has 1 aromatic carbocycles. The molecule has 5 heteroatoms. The Morgan fingerprint density at radius 1 is 1.40 bits per heavy atom. The smallest absolute Gasteiger partial charge is 0.330 e. The van der Waals surface area contributed by atoms with E-state index in [0.29, 0.717) is 0 Å². The first-order valence-corrected chi connectivity index (χ1v) is 6.75. The SMILES string of the molecule is CCOC(=O)C(C)(NC(C)CC)c1cc(F)ccc1F. The number of benzene rings is 1. The summed E-state index contributed by atoms with van der Waals surface area (Å²) >= 11 is 0. The zero-order valence-electron chi connectivity index (χ0n) is 12.3. The highest BCUT2D eigenvalue weighted by Gasteiger charge is 2.40. The van der Waals surface area contributed by atoms with E-state index in [0.717, 1.165) is 24.6 Å². The number of hydrogen-bond donors (Lipinski definition) is 1. The van der Waals surface area contributed by atoms with Gasteiger partial charge in [-0.3, -0.25) is 5.32 Å². The van der Waals surface area contributed by atoms with Gasteiger partial charge in [0.2, 0.25) is 0 Å². The van der Waals surface area contributed by atoms with Crippen LogP contribution < -0.4 is 5.32 Å². The fourth-order valence-corrected chi connectivity index (χ4v) is 2.00. The third-order valence-electron chi connectivity index (χ3n) is 3.30. The second kappa shape index (κ2) is 6.79. The highest BCUT2D eigenvalue weighted by molar-refractivity contribution is 5.82. The van der Waals surface area contributed by atoms with Crippen LogP contribution in [-0.4, -0.2) is 18.6 Å². The second-order valence-corrected chi connectivity index (χ2v) is 4.92. The Balaban J connectivity index is 3.28. The first kappa shape index (κ1) is 16.6. The maximum Gasteiger partial charge on any atom is 0.330 e. The van der Waals surface area contributed by atoms with Crippen LogP contribution in [0.5, 0.6) is 0 Å². The minimum absolute atomic E-state index is 0.0451. The largest absolute Gasteiger partial charge is 0.464 e. The molecule has 0 aliphatic rings. The van der Waals surface area contributed by atoms with E-state index in [1.807, 2.05) is 13.8 Å². The third kappa shape index (κ3) is 3.54. The van der Waals surface area contributed by atoms with Crippen molar-refractivity contribution in [1.82, 2.24) is 5.32 Å². The summed E-state index contributed by atoms with van der Waals surface area (Å²) in [4.78, 5) is 12.2. The quantitative estimate of drug-likeness (QED) is 0.816. The van der Waals surface area contributed by atoms with Gasteiger partial charge in [-0.15, -0.1) is 0 Å². The van der Waals surface area contributed by atoms with Crippen LogP contribution in [0.25, 0.3) is 0 Å². The van der Waals surface area contributed by atoms with E-state index in [-0.39, 0.29) is 18.2 Å². The predicted octanol–water partition coefficient (Wildman–Crippen LogP) is 3.13. The van der Waals surface area contributed by atoms with E-state index in [1.165, 1.54) is 6.92 Å². The Bertz CT molecular complexity index is 479. The summed E-state index contributed by atoms with van der Waals surface area (Å²) < 4.78 is 32.4. The van der Waals surface area contributed by atoms with Gasteiger partial charge < -0.3 is 4.74 Å². The van der Waals surface area contributed by atoms with E-state index in [2.05, 4.69) is 5.32 Å². The lowest BCUT2D eigenvalue weighted by Gasteiger charge is -2.32. The second-order valence-electron chi connectivity index (χ2n) is 4.92. The van der Waals surface area contributed by atoms with E-state index < -0.39 is 23.1 Å². The maximum atomic E-state index is 14.0. The van der Waals surface area contributed by atoms with Crippen molar-refractivity contribution in [2.24, 2.45) is 0 Å². The Labute approximate surface area is 118 Å². The first-order chi connectivity index (χ1) is 9.35. The fourth-order valence-electron chi connectivity index (χ4n) is 2.00. The number of nitrogens with one attached hydrogen (secondary N) is 1. The van der Waals surface area contributed by atoms with Crippen molar-refractivity contribution in [1.29, 1.82) is 0 Å². The lowest BCUT2D eigenvalue weighted by Crippen LogP contribution is -2.51. The van der Waals surface area contributed by atoms with Gasteiger partial charge in [-0.05, 0) is 45.4 Å². The van der Waals surface area contributed by atoms with Gasteiger partial charge in [-0.2, -0.15) is 0 Å². The van der Waals surface area contributed by atoms with Gasteiger partial charge in [0.15, 0.2) is 0 Å². The van der Waals surface area contributed by atoms with Crippen LogP contribution in [0.15, 0.2) is 18.2 Å². The predicted molar refractivity (Wildman–Crippen MR) is 73.2 cm³/mol. The summed E-state index contributed by atoms with van der Waals surface area (Å²) in [5.74, 6) is -1.86. The van der Waals surface area contributed by atoms with Crippen LogP contribution in [-0.2, 0) is 15.1 Å². The summed E-state index contributed by atoms with van der Waals surface area (Å²) in [5, 5.41) is 3.03. The summed E-state index contributed by atoms with van der Waals surface area (Å²) in [6.45, 7) is 7.16. The Morgan fingerprint density at radius 2 is 2.05 bits per heavy atom.